The number of hydrogen-bond acceptors (Lipinski definition) is 4. The summed E-state index contributed by atoms with van der Waals surface area (Å²) in [4.78, 5) is 14.1. The number of fused-ring (bicyclic) bond motifs is 4. The van der Waals surface area contributed by atoms with Crippen molar-refractivity contribution in [3.8, 4) is 28.3 Å². The third kappa shape index (κ3) is 8.22. The predicted octanol–water partition coefficient (Wildman–Crippen LogP) is 12.6. The van der Waals surface area contributed by atoms with Gasteiger partial charge in [0.05, 0.1) is 30.5 Å². The Hall–Kier alpha value is -4.68. The molecule has 5 nitrogen and oxygen atoms in total. The van der Waals surface area contributed by atoms with E-state index in [0.717, 1.165) is 44.0 Å². The van der Waals surface area contributed by atoms with Gasteiger partial charge in [0.1, 0.15) is 0 Å². The van der Waals surface area contributed by atoms with Crippen molar-refractivity contribution in [1.29, 1.82) is 0 Å². The number of pyridine rings is 2. The number of aromatic nitrogens is 4. The summed E-state index contributed by atoms with van der Waals surface area (Å²) in [6, 6.07) is 35.9. The quantitative estimate of drug-likeness (QED) is 0.113. The second-order valence-corrected chi connectivity index (χ2v) is 21.1. The maximum Gasteiger partial charge on any atom is 0.216 e. The molecule has 0 N–H and O–H groups in total. The maximum atomic E-state index is 8.59. The molecule has 4 aromatic heterocycles. The second kappa shape index (κ2) is 16.8. The van der Waals surface area contributed by atoms with Crippen molar-refractivity contribution in [2.75, 3.05) is 0 Å². The molecule has 7 heteroatoms. The Kier molecular flexibility index (Phi) is 10.4. The van der Waals surface area contributed by atoms with E-state index in [1.54, 1.807) is 24.5 Å². The summed E-state index contributed by atoms with van der Waals surface area (Å²) in [5, 5.41) is 3.04. The van der Waals surface area contributed by atoms with Crippen molar-refractivity contribution in [1.82, 2.24) is 19.5 Å². The minimum atomic E-state index is -2.16. The first-order valence-electron chi connectivity index (χ1n) is 21.6. The molecule has 56 heavy (non-hydrogen) atoms. The van der Waals surface area contributed by atoms with Gasteiger partial charge in [-0.1, -0.05) is 121 Å². The van der Waals surface area contributed by atoms with Crippen LogP contribution in [-0.2, 0) is 26.5 Å². The summed E-state index contributed by atoms with van der Waals surface area (Å²) in [6.07, 6.45) is 2.09. The molecular weight excluding hydrogens is 881 g/mol. The van der Waals surface area contributed by atoms with E-state index in [1.807, 2.05) is 50.2 Å². The van der Waals surface area contributed by atoms with Crippen LogP contribution in [0.1, 0.15) is 82.5 Å². The molecule has 0 fully saturated rings. The molecule has 0 bridgehead atoms. The Morgan fingerprint density at radius 1 is 0.839 bits per heavy atom. The van der Waals surface area contributed by atoms with E-state index >= 15 is 0 Å². The van der Waals surface area contributed by atoms with E-state index in [4.69, 9.17) is 16.3 Å². The van der Waals surface area contributed by atoms with Crippen LogP contribution in [0.15, 0.2) is 108 Å². The molecule has 0 amide bonds. The number of imidazole rings is 1. The van der Waals surface area contributed by atoms with Gasteiger partial charge in [-0.15, -0.1) is 53.6 Å². The molecule has 0 spiro atoms. The first-order valence-corrected chi connectivity index (χ1v) is 22.6. The van der Waals surface area contributed by atoms with E-state index < -0.39 is 21.3 Å². The largest absolute Gasteiger partial charge is 0.486 e. The van der Waals surface area contributed by atoms with Gasteiger partial charge in [-0.2, -0.15) is 0 Å². The van der Waals surface area contributed by atoms with Crippen molar-refractivity contribution in [2.45, 2.75) is 86.2 Å². The summed E-state index contributed by atoms with van der Waals surface area (Å²) in [5.74, 6) is 1.38. The minimum absolute atomic E-state index is 0. The van der Waals surface area contributed by atoms with Crippen LogP contribution in [0.4, 0.5) is 0 Å². The third-order valence-electron chi connectivity index (χ3n) is 9.80. The van der Waals surface area contributed by atoms with Crippen LogP contribution in [0.2, 0.25) is 19.6 Å². The molecule has 0 aliphatic rings. The average Bonchev–Trinajstić information content (AvgIpc) is 3.79. The molecule has 0 atom stereocenters. The fourth-order valence-corrected chi connectivity index (χ4v) is 8.55. The zero-order valence-corrected chi connectivity index (χ0v) is 37.0. The van der Waals surface area contributed by atoms with Gasteiger partial charge in [0.25, 0.3) is 0 Å². The van der Waals surface area contributed by atoms with Gasteiger partial charge in [-0.05, 0) is 70.4 Å². The van der Waals surface area contributed by atoms with Crippen LogP contribution < -0.4 is 5.19 Å². The van der Waals surface area contributed by atoms with Crippen molar-refractivity contribution in [3.05, 3.63) is 138 Å². The molecule has 289 valence electrons. The summed E-state index contributed by atoms with van der Waals surface area (Å²) >= 11 is 0. The molecule has 0 aliphatic carbocycles. The van der Waals surface area contributed by atoms with Crippen molar-refractivity contribution in [2.24, 2.45) is 5.92 Å². The standard InChI is InChI=1S/C30H26N3O.C19H26NSi.Ir/c1-18(2)20-10-7-11-21(19(3)4)27(20)33-26-16-6-5-15-25(26)32-29(33)24-13-8-12-22-23-14-9-17-31-30(23)34-28(22)24;1-14(2)11-17-12-18(16-9-7-15(3)8-10-16)20-13-19(17)21(4,5)6;/h5-12,14-19H,1-4H3;7-9,12-14H,11H2,1-6H3;/q2*-1;/i;3D3,11D2;. The number of para-hydroxylation sites is 3. The first-order chi connectivity index (χ1) is 28.3. The van der Waals surface area contributed by atoms with Gasteiger partial charge in [0, 0.05) is 50.4 Å². The molecule has 0 unspecified atom stereocenters. The fourth-order valence-electron chi connectivity index (χ4n) is 7.15. The Balaban J connectivity index is 0.000000209. The summed E-state index contributed by atoms with van der Waals surface area (Å²) in [5.41, 5.74) is 10.3. The second-order valence-electron chi connectivity index (χ2n) is 16.1. The van der Waals surface area contributed by atoms with E-state index in [2.05, 4.69) is 110 Å². The molecule has 1 radical (unpaired) electrons. The SMILES string of the molecule is CC(C)c1cccc(C(C)C)c1-n1c(-c2[c-]ccc3c2oc2ncccc23)nc2ccccc21.[2H]C([2H])([2H])c1c[c-]c(-c2cc(C([2H])([2H])C(C)C)c([Si](C)(C)C)cn2)cc1.[Ir]. The number of hydrogen-bond donors (Lipinski definition) is 0. The summed E-state index contributed by atoms with van der Waals surface area (Å²) < 4.78 is 48.2. The number of aryl methyl sites for hydroxylation is 1. The number of benzene rings is 4. The smallest absolute Gasteiger partial charge is 0.216 e. The molecule has 8 aromatic rings. The Morgan fingerprint density at radius 3 is 2.25 bits per heavy atom. The van der Waals surface area contributed by atoms with Crippen LogP contribution in [-0.4, -0.2) is 27.6 Å². The molecule has 0 saturated carbocycles. The number of nitrogens with zero attached hydrogens (tertiary/aromatic N) is 4. The Labute approximate surface area is 354 Å². The Morgan fingerprint density at radius 2 is 1.59 bits per heavy atom. The van der Waals surface area contributed by atoms with Gasteiger partial charge in [0.2, 0.25) is 5.71 Å². The zero-order valence-electron chi connectivity index (χ0n) is 38.6. The molecule has 8 rings (SSSR count). The van der Waals surface area contributed by atoms with Gasteiger partial charge < -0.3 is 14.0 Å². The van der Waals surface area contributed by atoms with E-state index in [-0.39, 0.29) is 31.6 Å². The van der Waals surface area contributed by atoms with E-state index in [1.165, 1.54) is 22.9 Å². The first kappa shape index (κ1) is 34.6. The maximum absolute atomic E-state index is 8.59. The van der Waals surface area contributed by atoms with Crippen molar-refractivity contribution >= 4 is 46.4 Å². The van der Waals surface area contributed by atoms with Gasteiger partial charge >= 0.3 is 0 Å². The van der Waals surface area contributed by atoms with Crippen LogP contribution >= 0.6 is 0 Å². The van der Waals surface area contributed by atoms with E-state index in [0.29, 0.717) is 34.4 Å². The van der Waals surface area contributed by atoms with Crippen LogP contribution in [0.5, 0.6) is 0 Å². The fraction of sp³-hybridized carbons (Fsp3) is 0.286. The van der Waals surface area contributed by atoms with Gasteiger partial charge in [0.15, 0.2) is 0 Å². The van der Waals surface area contributed by atoms with Gasteiger partial charge in [-0.25, -0.2) is 4.98 Å². The molecule has 4 heterocycles. The minimum Gasteiger partial charge on any atom is -0.486 e. The summed E-state index contributed by atoms with van der Waals surface area (Å²) in [7, 11) is -1.78. The third-order valence-corrected chi connectivity index (χ3v) is 11.8. The average molecular weight is 938 g/mol. The van der Waals surface area contributed by atoms with Crippen molar-refractivity contribution in [3.63, 3.8) is 0 Å². The van der Waals surface area contributed by atoms with Crippen molar-refractivity contribution < 1.29 is 31.4 Å². The zero-order chi connectivity index (χ0) is 43.3. The summed E-state index contributed by atoms with van der Waals surface area (Å²) in [6.45, 7) is 17.1. The number of furan rings is 1. The van der Waals surface area contributed by atoms with Crippen LogP contribution in [0, 0.1) is 24.9 Å². The number of rotatable bonds is 8. The molecule has 4 aromatic carbocycles. The monoisotopic (exact) mass is 938 g/mol. The normalized spacial score (nSPS) is 13.6. The predicted molar refractivity (Wildman–Crippen MR) is 233 cm³/mol. The topological polar surface area (TPSA) is 56.7 Å². The van der Waals surface area contributed by atoms with Crippen LogP contribution in [0.3, 0.4) is 0 Å². The van der Waals surface area contributed by atoms with E-state index in [9.17, 15) is 0 Å². The molecule has 0 saturated heterocycles. The Bertz CT molecular complexity index is 2790. The molecular formula is C49H52IrN4OSi-2. The van der Waals surface area contributed by atoms with Crippen LogP contribution in [0.25, 0.3) is 61.4 Å². The molecule has 0 aliphatic heterocycles. The van der Waals surface area contributed by atoms with Gasteiger partial charge in [-0.3, -0.25) is 4.98 Å².